The number of aryl methyl sites for hydroxylation is 1. The minimum atomic E-state index is -0.367. The van der Waals surface area contributed by atoms with E-state index in [0.29, 0.717) is 12.1 Å². The van der Waals surface area contributed by atoms with Crippen LogP contribution in [0.1, 0.15) is 102 Å². The van der Waals surface area contributed by atoms with E-state index in [1.165, 1.54) is 68.8 Å². The van der Waals surface area contributed by atoms with Gasteiger partial charge in [-0.3, -0.25) is 4.57 Å². The summed E-state index contributed by atoms with van der Waals surface area (Å²) in [5.74, 6) is 0.881. The molecule has 0 amide bonds. The number of furan rings is 1. The van der Waals surface area contributed by atoms with Gasteiger partial charge in [0.05, 0.1) is 18.1 Å². The molecule has 0 unspecified atom stereocenters. The van der Waals surface area contributed by atoms with Gasteiger partial charge in [0, 0.05) is 25.8 Å². The quantitative estimate of drug-likeness (QED) is 0.311. The summed E-state index contributed by atoms with van der Waals surface area (Å²) < 4.78 is 18.8. The van der Waals surface area contributed by atoms with Crippen LogP contribution in [0.3, 0.4) is 0 Å². The molecule has 0 aromatic carbocycles. The van der Waals surface area contributed by atoms with Crippen molar-refractivity contribution in [3.63, 3.8) is 0 Å². The molecule has 0 aliphatic carbocycles. The van der Waals surface area contributed by atoms with Gasteiger partial charge in [-0.05, 0) is 38.2 Å². The molecule has 33 heavy (non-hydrogen) atoms. The molecular weight excluding hydrogens is 420 g/mol. The number of aliphatic hydroxyl groups excluding tert-OH is 1. The Balaban J connectivity index is 1.28. The van der Waals surface area contributed by atoms with E-state index in [1.54, 1.807) is 6.20 Å². The van der Waals surface area contributed by atoms with Crippen molar-refractivity contribution >= 4 is 11.1 Å². The number of hydrogen-bond donors (Lipinski definition) is 1. The van der Waals surface area contributed by atoms with E-state index >= 15 is 0 Å². The molecule has 3 heterocycles. The molecule has 0 saturated carbocycles. The zero-order valence-electron chi connectivity index (χ0n) is 20.3. The van der Waals surface area contributed by atoms with Crippen LogP contribution in [0.25, 0.3) is 11.1 Å². The van der Waals surface area contributed by atoms with Gasteiger partial charge in [0.25, 0.3) is 0 Å². The lowest BCUT2D eigenvalue weighted by Gasteiger charge is -2.14. The lowest BCUT2D eigenvalue weighted by molar-refractivity contribution is -0.0243. The molecule has 7 heteroatoms. The Morgan fingerprint density at radius 1 is 1.03 bits per heavy atom. The van der Waals surface area contributed by atoms with Gasteiger partial charge in [-0.2, -0.15) is 4.98 Å². The number of rotatable bonds is 17. The van der Waals surface area contributed by atoms with Gasteiger partial charge in [-0.15, -0.1) is 0 Å². The van der Waals surface area contributed by atoms with E-state index < -0.39 is 0 Å². The number of ether oxygens (including phenoxy) is 2. The Labute approximate surface area is 197 Å². The second-order valence-electron chi connectivity index (χ2n) is 9.27. The fourth-order valence-electron chi connectivity index (χ4n) is 4.45. The maximum absolute atomic E-state index is 12.4. The van der Waals surface area contributed by atoms with Crippen molar-refractivity contribution in [2.24, 2.45) is 0 Å². The van der Waals surface area contributed by atoms with Crippen LogP contribution < -0.4 is 5.69 Å². The maximum atomic E-state index is 12.4. The van der Waals surface area contributed by atoms with Gasteiger partial charge in [-0.25, -0.2) is 4.79 Å². The van der Waals surface area contributed by atoms with Crippen LogP contribution in [0.15, 0.2) is 21.5 Å². The fraction of sp³-hybridized carbons (Fsp3) is 0.769. The van der Waals surface area contributed by atoms with Crippen molar-refractivity contribution < 1.29 is 19.0 Å². The highest BCUT2D eigenvalue weighted by Crippen LogP contribution is 2.28. The summed E-state index contributed by atoms with van der Waals surface area (Å²) in [6.45, 7) is 4.04. The molecule has 2 aromatic heterocycles. The molecule has 1 fully saturated rings. The third kappa shape index (κ3) is 8.54. The molecule has 0 bridgehead atoms. The van der Waals surface area contributed by atoms with Crippen molar-refractivity contribution in [3.05, 3.63) is 28.5 Å². The van der Waals surface area contributed by atoms with Crippen molar-refractivity contribution in [1.29, 1.82) is 0 Å². The zero-order chi connectivity index (χ0) is 23.3. The SMILES string of the molecule is CCCCCCOCCCCCCCCCc1cc2cn([C@@H]3CC[C@H](CO)O3)c(=O)nc2o1. The number of nitrogens with zero attached hydrogens (tertiary/aromatic N) is 2. The van der Waals surface area contributed by atoms with Crippen LogP contribution in [0.4, 0.5) is 0 Å². The molecule has 0 spiro atoms. The van der Waals surface area contributed by atoms with Gasteiger partial charge in [0.15, 0.2) is 0 Å². The fourth-order valence-corrected chi connectivity index (χ4v) is 4.45. The molecular formula is C26H42N2O5. The predicted molar refractivity (Wildman–Crippen MR) is 129 cm³/mol. The molecule has 2 atom stereocenters. The van der Waals surface area contributed by atoms with E-state index in [9.17, 15) is 9.90 Å². The molecule has 186 valence electrons. The average Bonchev–Trinajstić information content (AvgIpc) is 3.45. The largest absolute Gasteiger partial charge is 0.443 e. The van der Waals surface area contributed by atoms with Crippen LogP contribution >= 0.6 is 0 Å². The molecule has 1 aliphatic rings. The summed E-state index contributed by atoms with van der Waals surface area (Å²) in [5, 5.41) is 10.1. The predicted octanol–water partition coefficient (Wildman–Crippen LogP) is 5.53. The minimum Gasteiger partial charge on any atom is -0.443 e. The first-order valence-corrected chi connectivity index (χ1v) is 13.1. The number of aliphatic hydroxyl groups is 1. The number of hydrogen-bond acceptors (Lipinski definition) is 6. The van der Waals surface area contributed by atoms with E-state index in [0.717, 1.165) is 43.6 Å². The second kappa shape index (κ2) is 14.5. The highest BCUT2D eigenvalue weighted by atomic mass is 16.5. The normalized spacial score (nSPS) is 18.5. The maximum Gasteiger partial charge on any atom is 0.353 e. The molecule has 3 rings (SSSR count). The Bertz CT molecular complexity index is 862. The summed E-state index contributed by atoms with van der Waals surface area (Å²) >= 11 is 0. The standard InChI is InChI=1S/C26H42N2O5/c1-2-3-4-11-16-31-17-12-9-7-5-6-8-10-13-22-18-21-19-28(26(30)27-25(21)33-22)24-15-14-23(20-29)32-24/h18-19,23-24,29H,2-17,20H2,1H3/t23-,24+/m1/s1. The minimum absolute atomic E-state index is 0.0234. The Morgan fingerprint density at radius 2 is 1.73 bits per heavy atom. The van der Waals surface area contributed by atoms with Crippen molar-refractivity contribution in [3.8, 4) is 0 Å². The Kier molecular flexibility index (Phi) is 11.4. The molecule has 2 aromatic rings. The second-order valence-corrected chi connectivity index (χ2v) is 9.27. The lowest BCUT2D eigenvalue weighted by Crippen LogP contribution is -2.27. The molecule has 1 aliphatic heterocycles. The van der Waals surface area contributed by atoms with Gasteiger partial charge in [0.2, 0.25) is 5.71 Å². The first-order valence-electron chi connectivity index (χ1n) is 13.1. The molecule has 1 N–H and O–H groups in total. The summed E-state index contributed by atoms with van der Waals surface area (Å²) in [7, 11) is 0. The highest BCUT2D eigenvalue weighted by Gasteiger charge is 2.27. The van der Waals surface area contributed by atoms with Gasteiger partial charge in [0.1, 0.15) is 12.0 Å². The summed E-state index contributed by atoms with van der Waals surface area (Å²) in [6.07, 6.45) is 17.1. The molecule has 7 nitrogen and oxygen atoms in total. The summed E-state index contributed by atoms with van der Waals surface area (Å²) in [4.78, 5) is 16.5. The van der Waals surface area contributed by atoms with Crippen molar-refractivity contribution in [1.82, 2.24) is 9.55 Å². The Hall–Kier alpha value is -1.70. The molecule has 1 saturated heterocycles. The smallest absolute Gasteiger partial charge is 0.353 e. The lowest BCUT2D eigenvalue weighted by atomic mass is 10.1. The first kappa shape index (κ1) is 25.9. The monoisotopic (exact) mass is 462 g/mol. The van der Waals surface area contributed by atoms with Crippen molar-refractivity contribution in [2.45, 2.75) is 109 Å². The Morgan fingerprint density at radius 3 is 2.42 bits per heavy atom. The number of unbranched alkanes of at least 4 members (excludes halogenated alkanes) is 9. The van der Waals surface area contributed by atoms with Crippen LogP contribution in [0, 0.1) is 0 Å². The summed E-state index contributed by atoms with van der Waals surface area (Å²) in [6, 6.07) is 1.99. The number of aromatic nitrogens is 2. The van der Waals surface area contributed by atoms with Gasteiger partial charge in [-0.1, -0.05) is 58.3 Å². The topological polar surface area (TPSA) is 86.7 Å². The van der Waals surface area contributed by atoms with Crippen molar-refractivity contribution in [2.75, 3.05) is 19.8 Å². The van der Waals surface area contributed by atoms with Gasteiger partial charge < -0.3 is 19.0 Å². The molecule has 0 radical (unpaired) electrons. The third-order valence-electron chi connectivity index (χ3n) is 6.44. The summed E-state index contributed by atoms with van der Waals surface area (Å²) in [5.41, 5.74) is 0.0319. The van der Waals surface area contributed by atoms with E-state index in [1.807, 2.05) is 6.07 Å². The van der Waals surface area contributed by atoms with E-state index in [4.69, 9.17) is 13.9 Å². The zero-order valence-corrected chi connectivity index (χ0v) is 20.3. The first-order chi connectivity index (χ1) is 16.2. The van der Waals surface area contributed by atoms with Gasteiger partial charge >= 0.3 is 5.69 Å². The third-order valence-corrected chi connectivity index (χ3v) is 6.44. The van der Waals surface area contributed by atoms with Crippen LogP contribution in [-0.2, 0) is 15.9 Å². The van der Waals surface area contributed by atoms with Crippen LogP contribution in [0.5, 0.6) is 0 Å². The highest BCUT2D eigenvalue weighted by molar-refractivity contribution is 5.72. The van der Waals surface area contributed by atoms with Crippen LogP contribution in [0.2, 0.25) is 0 Å². The average molecular weight is 463 g/mol. The van der Waals surface area contributed by atoms with E-state index in [-0.39, 0.29) is 24.6 Å². The number of fused-ring (bicyclic) bond motifs is 1. The van der Waals surface area contributed by atoms with Crippen LogP contribution in [-0.4, -0.2) is 40.6 Å². The van der Waals surface area contributed by atoms with E-state index in [2.05, 4.69) is 11.9 Å².